The highest BCUT2D eigenvalue weighted by Gasteiger charge is 2.20. The molecule has 0 unspecified atom stereocenters. The Labute approximate surface area is 112 Å². The molecule has 1 aromatic carbocycles. The lowest BCUT2D eigenvalue weighted by Crippen LogP contribution is -2.36. The summed E-state index contributed by atoms with van der Waals surface area (Å²) in [7, 11) is 2.15. The van der Waals surface area contributed by atoms with E-state index in [2.05, 4.69) is 70.8 Å². The fourth-order valence-electron chi connectivity index (χ4n) is 2.02. The van der Waals surface area contributed by atoms with Crippen molar-refractivity contribution in [3.8, 4) is 0 Å². The van der Waals surface area contributed by atoms with Gasteiger partial charge in [-0.25, -0.2) is 0 Å². The molecule has 0 radical (unpaired) electrons. The van der Waals surface area contributed by atoms with E-state index in [1.165, 1.54) is 11.3 Å². The van der Waals surface area contributed by atoms with Crippen LogP contribution in [0.1, 0.15) is 46.6 Å². The summed E-state index contributed by atoms with van der Waals surface area (Å²) < 4.78 is 0. The normalized spacial score (nSPS) is 12.6. The Hall–Kier alpha value is -1.02. The quantitative estimate of drug-likeness (QED) is 0.883. The standard InChI is InChI=1S/C16H28N2/c1-15(2,3)13-9-7-8-10-14(13)18(6)12-11-16(4,5)17/h7-10H,11-12,17H2,1-6H3. The van der Waals surface area contributed by atoms with Gasteiger partial charge in [0, 0.05) is 24.8 Å². The van der Waals surface area contributed by atoms with E-state index in [-0.39, 0.29) is 11.0 Å². The number of para-hydroxylation sites is 1. The van der Waals surface area contributed by atoms with E-state index < -0.39 is 0 Å². The van der Waals surface area contributed by atoms with Crippen LogP contribution in [0.3, 0.4) is 0 Å². The highest BCUT2D eigenvalue weighted by molar-refractivity contribution is 5.55. The molecule has 0 aliphatic heterocycles. The first-order valence-electron chi connectivity index (χ1n) is 6.71. The van der Waals surface area contributed by atoms with Gasteiger partial charge in [0.05, 0.1) is 0 Å². The van der Waals surface area contributed by atoms with Gasteiger partial charge in [0.25, 0.3) is 0 Å². The monoisotopic (exact) mass is 248 g/mol. The van der Waals surface area contributed by atoms with Crippen LogP contribution < -0.4 is 10.6 Å². The minimum atomic E-state index is -0.106. The fourth-order valence-corrected chi connectivity index (χ4v) is 2.02. The second kappa shape index (κ2) is 5.31. The molecule has 102 valence electrons. The molecule has 18 heavy (non-hydrogen) atoms. The average Bonchev–Trinajstić information content (AvgIpc) is 2.24. The molecule has 0 bridgehead atoms. The molecule has 0 aliphatic rings. The van der Waals surface area contributed by atoms with Gasteiger partial charge in [-0.15, -0.1) is 0 Å². The van der Waals surface area contributed by atoms with Gasteiger partial charge < -0.3 is 10.6 Å². The molecule has 1 aromatic rings. The highest BCUT2D eigenvalue weighted by Crippen LogP contribution is 2.31. The highest BCUT2D eigenvalue weighted by atomic mass is 15.1. The number of hydrogen-bond donors (Lipinski definition) is 1. The van der Waals surface area contributed by atoms with Crippen molar-refractivity contribution in [3.05, 3.63) is 29.8 Å². The molecule has 0 amide bonds. The molecular weight excluding hydrogens is 220 g/mol. The number of nitrogens with two attached hydrogens (primary N) is 1. The van der Waals surface area contributed by atoms with Crippen LogP contribution >= 0.6 is 0 Å². The first-order valence-corrected chi connectivity index (χ1v) is 6.71. The lowest BCUT2D eigenvalue weighted by molar-refractivity contribution is 0.478. The molecule has 2 N–H and O–H groups in total. The molecular formula is C16H28N2. The predicted octanol–water partition coefficient (Wildman–Crippen LogP) is 3.55. The Morgan fingerprint density at radius 3 is 2.11 bits per heavy atom. The summed E-state index contributed by atoms with van der Waals surface area (Å²) in [5.41, 5.74) is 8.83. The smallest absolute Gasteiger partial charge is 0.0401 e. The predicted molar refractivity (Wildman–Crippen MR) is 81.3 cm³/mol. The van der Waals surface area contributed by atoms with Gasteiger partial charge in [-0.2, -0.15) is 0 Å². The maximum Gasteiger partial charge on any atom is 0.0401 e. The van der Waals surface area contributed by atoms with Crippen molar-refractivity contribution in [3.63, 3.8) is 0 Å². The van der Waals surface area contributed by atoms with Crippen LogP contribution in [-0.2, 0) is 5.41 Å². The van der Waals surface area contributed by atoms with E-state index in [1.807, 2.05) is 0 Å². The zero-order valence-corrected chi connectivity index (χ0v) is 12.7. The fraction of sp³-hybridized carbons (Fsp3) is 0.625. The Kier molecular flexibility index (Phi) is 4.44. The molecule has 0 saturated carbocycles. The van der Waals surface area contributed by atoms with E-state index in [9.17, 15) is 0 Å². The minimum Gasteiger partial charge on any atom is -0.374 e. The van der Waals surface area contributed by atoms with Crippen LogP contribution in [0.5, 0.6) is 0 Å². The van der Waals surface area contributed by atoms with Crippen LogP contribution in [0.2, 0.25) is 0 Å². The van der Waals surface area contributed by atoms with Crippen LogP contribution in [0, 0.1) is 0 Å². The molecule has 2 nitrogen and oxygen atoms in total. The zero-order chi connectivity index (χ0) is 14.0. The molecule has 2 heteroatoms. The van der Waals surface area contributed by atoms with Gasteiger partial charge in [0.1, 0.15) is 0 Å². The van der Waals surface area contributed by atoms with E-state index in [4.69, 9.17) is 5.73 Å². The van der Waals surface area contributed by atoms with Crippen molar-refractivity contribution >= 4 is 5.69 Å². The second-order valence-electron chi connectivity index (χ2n) is 6.93. The molecule has 0 atom stereocenters. The summed E-state index contributed by atoms with van der Waals surface area (Å²) in [6, 6.07) is 8.64. The van der Waals surface area contributed by atoms with Gasteiger partial charge in [-0.05, 0) is 37.3 Å². The average molecular weight is 248 g/mol. The summed E-state index contributed by atoms with van der Waals surface area (Å²) >= 11 is 0. The third-order valence-electron chi connectivity index (χ3n) is 3.21. The van der Waals surface area contributed by atoms with Crippen molar-refractivity contribution in [2.24, 2.45) is 5.73 Å². The molecule has 0 saturated heterocycles. The molecule has 0 spiro atoms. The first-order chi connectivity index (χ1) is 8.11. The Balaban J connectivity index is 2.89. The van der Waals surface area contributed by atoms with Crippen LogP contribution in [0.15, 0.2) is 24.3 Å². The molecule has 0 aromatic heterocycles. The topological polar surface area (TPSA) is 29.3 Å². The number of anilines is 1. The van der Waals surface area contributed by atoms with E-state index >= 15 is 0 Å². The Bertz CT molecular complexity index is 383. The Morgan fingerprint density at radius 2 is 1.61 bits per heavy atom. The SMILES string of the molecule is CN(CCC(C)(C)N)c1ccccc1C(C)(C)C. The molecule has 0 heterocycles. The maximum atomic E-state index is 6.06. The van der Waals surface area contributed by atoms with Crippen molar-refractivity contribution in [1.29, 1.82) is 0 Å². The third kappa shape index (κ3) is 4.34. The van der Waals surface area contributed by atoms with Crippen LogP contribution in [-0.4, -0.2) is 19.1 Å². The number of hydrogen-bond acceptors (Lipinski definition) is 2. The third-order valence-corrected chi connectivity index (χ3v) is 3.21. The van der Waals surface area contributed by atoms with Gasteiger partial charge in [0.15, 0.2) is 0 Å². The molecule has 0 aliphatic carbocycles. The lowest BCUT2D eigenvalue weighted by Gasteiger charge is -2.30. The summed E-state index contributed by atoms with van der Waals surface area (Å²) in [4.78, 5) is 2.31. The summed E-state index contributed by atoms with van der Waals surface area (Å²) in [6.07, 6.45) is 0.988. The van der Waals surface area contributed by atoms with Gasteiger partial charge in [-0.3, -0.25) is 0 Å². The summed E-state index contributed by atoms with van der Waals surface area (Å²) in [5.74, 6) is 0. The van der Waals surface area contributed by atoms with E-state index in [0.29, 0.717) is 0 Å². The Morgan fingerprint density at radius 1 is 1.06 bits per heavy atom. The van der Waals surface area contributed by atoms with Crippen molar-refractivity contribution in [1.82, 2.24) is 0 Å². The zero-order valence-electron chi connectivity index (χ0n) is 12.7. The van der Waals surface area contributed by atoms with Gasteiger partial charge in [-0.1, -0.05) is 39.0 Å². The van der Waals surface area contributed by atoms with E-state index in [0.717, 1.165) is 13.0 Å². The van der Waals surface area contributed by atoms with Crippen molar-refractivity contribution in [2.45, 2.75) is 52.0 Å². The van der Waals surface area contributed by atoms with Crippen molar-refractivity contribution in [2.75, 3.05) is 18.5 Å². The van der Waals surface area contributed by atoms with Gasteiger partial charge in [0.2, 0.25) is 0 Å². The van der Waals surface area contributed by atoms with Crippen molar-refractivity contribution < 1.29 is 0 Å². The minimum absolute atomic E-state index is 0.106. The number of nitrogens with zero attached hydrogens (tertiary/aromatic N) is 1. The number of rotatable bonds is 4. The lowest BCUT2D eigenvalue weighted by atomic mass is 9.85. The van der Waals surface area contributed by atoms with Gasteiger partial charge >= 0.3 is 0 Å². The summed E-state index contributed by atoms with van der Waals surface area (Å²) in [6.45, 7) is 11.9. The molecule has 0 fully saturated rings. The van der Waals surface area contributed by atoms with Crippen LogP contribution in [0.25, 0.3) is 0 Å². The van der Waals surface area contributed by atoms with Crippen LogP contribution in [0.4, 0.5) is 5.69 Å². The number of benzene rings is 1. The largest absolute Gasteiger partial charge is 0.374 e. The second-order valence-corrected chi connectivity index (χ2v) is 6.93. The van der Waals surface area contributed by atoms with E-state index in [1.54, 1.807) is 0 Å². The summed E-state index contributed by atoms with van der Waals surface area (Å²) in [5, 5.41) is 0. The molecule has 1 rings (SSSR count). The first kappa shape index (κ1) is 15.0. The maximum absolute atomic E-state index is 6.06.